The summed E-state index contributed by atoms with van der Waals surface area (Å²) in [6.07, 6.45) is 0.811. The quantitative estimate of drug-likeness (QED) is 0.410. The molecule has 27 heavy (non-hydrogen) atoms. The van der Waals surface area contributed by atoms with Crippen LogP contribution in [0.25, 0.3) is 0 Å². The van der Waals surface area contributed by atoms with E-state index in [1.54, 1.807) is 6.07 Å². The molecule has 0 bridgehead atoms. The van der Waals surface area contributed by atoms with Crippen LogP contribution in [0.4, 0.5) is 11.4 Å². The lowest BCUT2D eigenvalue weighted by atomic mass is 10.1. The van der Waals surface area contributed by atoms with Crippen LogP contribution >= 0.6 is 0 Å². The molecule has 0 spiro atoms. The summed E-state index contributed by atoms with van der Waals surface area (Å²) in [7, 11) is 2.92. The Morgan fingerprint density at radius 1 is 1.15 bits per heavy atom. The van der Waals surface area contributed by atoms with Crippen LogP contribution < -0.4 is 14.8 Å². The number of nitrogens with one attached hydrogen (secondary N) is 1. The number of nitro benzene ring substituents is 1. The molecule has 2 aromatic rings. The molecule has 0 unspecified atom stereocenters. The molecule has 144 valence electrons. The number of nitro groups is 1. The molecule has 0 aliphatic rings. The van der Waals surface area contributed by atoms with Gasteiger partial charge in [0.1, 0.15) is 12.2 Å². The van der Waals surface area contributed by atoms with Gasteiger partial charge in [0, 0.05) is 18.9 Å². The van der Waals surface area contributed by atoms with Gasteiger partial charge in [0.2, 0.25) is 0 Å². The third-order valence-electron chi connectivity index (χ3n) is 3.86. The fraction of sp³-hybridized carbons (Fsp3) is 0.316. The van der Waals surface area contributed by atoms with E-state index in [4.69, 9.17) is 14.2 Å². The fourth-order valence-corrected chi connectivity index (χ4v) is 2.46. The number of anilines is 1. The molecule has 0 radical (unpaired) electrons. The Bertz CT molecular complexity index is 822. The fourth-order valence-electron chi connectivity index (χ4n) is 2.46. The molecule has 0 heterocycles. The molecule has 0 aliphatic heterocycles. The summed E-state index contributed by atoms with van der Waals surface area (Å²) in [5, 5.41) is 14.2. The van der Waals surface area contributed by atoms with Crippen LogP contribution in [0, 0.1) is 10.1 Å². The Morgan fingerprint density at radius 3 is 2.56 bits per heavy atom. The first-order chi connectivity index (χ1) is 13.0. The van der Waals surface area contributed by atoms with Gasteiger partial charge in [-0.2, -0.15) is 0 Å². The highest BCUT2D eigenvalue weighted by Gasteiger charge is 2.25. The number of aryl methyl sites for hydroxylation is 1. The van der Waals surface area contributed by atoms with Crippen molar-refractivity contribution in [2.24, 2.45) is 0 Å². The number of carbonyl (C=O) groups excluding carboxylic acids is 1. The zero-order chi connectivity index (χ0) is 19.8. The van der Waals surface area contributed by atoms with Crippen LogP contribution in [0.2, 0.25) is 0 Å². The summed E-state index contributed by atoms with van der Waals surface area (Å²) in [5.74, 6) is -0.202. The van der Waals surface area contributed by atoms with E-state index in [9.17, 15) is 14.9 Å². The summed E-state index contributed by atoms with van der Waals surface area (Å²) < 4.78 is 15.6. The van der Waals surface area contributed by atoms with Gasteiger partial charge in [0.05, 0.1) is 24.7 Å². The number of carbonyl (C=O) groups is 1. The molecule has 0 saturated heterocycles. The molecule has 0 aliphatic carbocycles. The molecule has 8 heteroatoms. The second-order valence-electron chi connectivity index (χ2n) is 5.63. The number of benzene rings is 2. The van der Waals surface area contributed by atoms with E-state index in [2.05, 4.69) is 5.32 Å². The van der Waals surface area contributed by atoms with Crippen molar-refractivity contribution in [1.82, 2.24) is 0 Å². The summed E-state index contributed by atoms with van der Waals surface area (Å²) in [4.78, 5) is 23.5. The topological polar surface area (TPSA) is 99.9 Å². The Labute approximate surface area is 157 Å². The van der Waals surface area contributed by atoms with Crippen LogP contribution in [0.3, 0.4) is 0 Å². The molecular weight excluding hydrogens is 352 g/mol. The Hall–Kier alpha value is -3.13. The predicted octanol–water partition coefficient (Wildman–Crippen LogP) is 3.44. The van der Waals surface area contributed by atoms with Crippen molar-refractivity contribution in [1.29, 1.82) is 0 Å². The first-order valence-corrected chi connectivity index (χ1v) is 8.38. The molecular formula is C19H22N2O6. The highest BCUT2D eigenvalue weighted by molar-refractivity contribution is 6.07. The molecule has 0 saturated carbocycles. The van der Waals surface area contributed by atoms with Crippen molar-refractivity contribution in [2.75, 3.05) is 32.8 Å². The predicted molar refractivity (Wildman–Crippen MR) is 101 cm³/mol. The summed E-state index contributed by atoms with van der Waals surface area (Å²) in [6.45, 7) is 2.51. The van der Waals surface area contributed by atoms with Crippen LogP contribution in [-0.4, -0.2) is 38.3 Å². The van der Waals surface area contributed by atoms with E-state index in [-0.39, 0.29) is 29.4 Å². The molecule has 0 fully saturated rings. The van der Waals surface area contributed by atoms with E-state index >= 15 is 0 Å². The number of hydrogen-bond donors (Lipinski definition) is 1. The van der Waals surface area contributed by atoms with E-state index in [1.165, 1.54) is 26.4 Å². The molecule has 8 nitrogen and oxygen atoms in total. The second kappa shape index (κ2) is 9.54. The smallest absolute Gasteiger partial charge is 0.286 e. The summed E-state index contributed by atoms with van der Waals surface area (Å²) in [6, 6.07) is 9.79. The summed E-state index contributed by atoms with van der Waals surface area (Å²) in [5.41, 5.74) is 1.13. The van der Waals surface area contributed by atoms with Gasteiger partial charge in [-0.1, -0.05) is 19.1 Å². The van der Waals surface area contributed by atoms with Crippen LogP contribution in [0.1, 0.15) is 22.8 Å². The monoisotopic (exact) mass is 374 g/mol. The average molecular weight is 374 g/mol. The Morgan fingerprint density at radius 2 is 1.93 bits per heavy atom. The minimum atomic E-state index is -0.625. The normalized spacial score (nSPS) is 10.3. The van der Waals surface area contributed by atoms with Crippen LogP contribution in [0.15, 0.2) is 36.4 Å². The van der Waals surface area contributed by atoms with Gasteiger partial charge in [0.25, 0.3) is 11.6 Å². The third-order valence-corrected chi connectivity index (χ3v) is 3.86. The first-order valence-electron chi connectivity index (χ1n) is 8.38. The van der Waals surface area contributed by atoms with E-state index in [0.717, 1.165) is 12.0 Å². The molecule has 2 rings (SSSR count). The average Bonchev–Trinajstić information content (AvgIpc) is 2.67. The standard InChI is InChI=1S/C19H22N2O6/c1-4-13-6-5-7-14(10-13)20-19(22)15-11-17(26-3)18(27-9-8-25-2)12-16(15)21(23)24/h5-7,10-12H,4,8-9H2,1-3H3,(H,20,22). The first kappa shape index (κ1) is 20.2. The Balaban J connectivity index is 2.35. The number of hydrogen-bond acceptors (Lipinski definition) is 6. The number of amides is 1. The SMILES string of the molecule is CCc1cccc(NC(=O)c2cc(OC)c(OCCOC)cc2[N+](=O)[O-])c1. The van der Waals surface area contributed by atoms with Crippen LogP contribution in [-0.2, 0) is 11.2 Å². The maximum Gasteiger partial charge on any atom is 0.286 e. The minimum Gasteiger partial charge on any atom is -0.493 e. The van der Waals surface area contributed by atoms with Gasteiger partial charge >= 0.3 is 0 Å². The lowest BCUT2D eigenvalue weighted by Crippen LogP contribution is -2.15. The van der Waals surface area contributed by atoms with Crippen LogP contribution in [0.5, 0.6) is 11.5 Å². The van der Waals surface area contributed by atoms with Crippen molar-refractivity contribution in [3.05, 3.63) is 57.6 Å². The Kier molecular flexibility index (Phi) is 7.13. The van der Waals surface area contributed by atoms with Gasteiger partial charge in [-0.3, -0.25) is 14.9 Å². The third kappa shape index (κ3) is 5.18. The van der Waals surface area contributed by atoms with Crippen molar-refractivity contribution >= 4 is 17.3 Å². The lowest BCUT2D eigenvalue weighted by Gasteiger charge is -2.13. The maximum atomic E-state index is 12.6. The second-order valence-corrected chi connectivity index (χ2v) is 5.63. The van der Waals surface area contributed by atoms with E-state index < -0.39 is 10.8 Å². The van der Waals surface area contributed by atoms with Gasteiger partial charge in [-0.05, 0) is 24.1 Å². The molecule has 1 N–H and O–H groups in total. The van der Waals surface area contributed by atoms with E-state index in [1.807, 2.05) is 25.1 Å². The molecule has 0 aromatic heterocycles. The number of rotatable bonds is 9. The van der Waals surface area contributed by atoms with Gasteiger partial charge < -0.3 is 19.5 Å². The van der Waals surface area contributed by atoms with Gasteiger partial charge in [-0.25, -0.2) is 0 Å². The molecule has 0 atom stereocenters. The highest BCUT2D eigenvalue weighted by atomic mass is 16.6. The number of nitrogens with zero attached hydrogens (tertiary/aromatic N) is 1. The van der Waals surface area contributed by atoms with E-state index in [0.29, 0.717) is 12.3 Å². The summed E-state index contributed by atoms with van der Waals surface area (Å²) >= 11 is 0. The zero-order valence-corrected chi connectivity index (χ0v) is 15.5. The van der Waals surface area contributed by atoms with Crippen molar-refractivity contribution in [2.45, 2.75) is 13.3 Å². The van der Waals surface area contributed by atoms with Gasteiger partial charge in [0.15, 0.2) is 11.5 Å². The van der Waals surface area contributed by atoms with Crippen molar-refractivity contribution < 1.29 is 23.9 Å². The van der Waals surface area contributed by atoms with Crippen molar-refractivity contribution in [3.8, 4) is 11.5 Å². The number of ether oxygens (including phenoxy) is 3. The highest BCUT2D eigenvalue weighted by Crippen LogP contribution is 2.35. The minimum absolute atomic E-state index is 0.113. The largest absolute Gasteiger partial charge is 0.493 e. The maximum absolute atomic E-state index is 12.6. The van der Waals surface area contributed by atoms with Crippen molar-refractivity contribution in [3.63, 3.8) is 0 Å². The molecule has 2 aromatic carbocycles. The zero-order valence-electron chi connectivity index (χ0n) is 15.5. The van der Waals surface area contributed by atoms with Gasteiger partial charge in [-0.15, -0.1) is 0 Å². The number of methoxy groups -OCH3 is 2. The molecule has 1 amide bonds. The lowest BCUT2D eigenvalue weighted by molar-refractivity contribution is -0.385.